The topological polar surface area (TPSA) is 44.4 Å². The molecule has 96 valence electrons. The van der Waals surface area contributed by atoms with Crippen molar-refractivity contribution in [3.05, 3.63) is 29.8 Å². The predicted octanol–water partition coefficient (Wildman–Crippen LogP) is 2.50. The van der Waals surface area contributed by atoms with Crippen molar-refractivity contribution >= 4 is 29.0 Å². The Labute approximate surface area is 112 Å². The number of rotatable bonds is 1. The fourth-order valence-corrected chi connectivity index (χ4v) is 2.28. The number of benzene rings is 1. The van der Waals surface area contributed by atoms with Crippen LogP contribution in [0.2, 0.25) is 0 Å². The highest BCUT2D eigenvalue weighted by Crippen LogP contribution is 2.16. The fourth-order valence-electron chi connectivity index (χ4n) is 1.86. The lowest BCUT2D eigenvalue weighted by Gasteiger charge is -2.17. The zero-order valence-corrected chi connectivity index (χ0v) is 11.6. The van der Waals surface area contributed by atoms with E-state index in [0.717, 1.165) is 11.3 Å². The van der Waals surface area contributed by atoms with E-state index < -0.39 is 0 Å². The molecule has 0 radical (unpaired) electrons. The molecular weight excluding hydrogens is 246 g/mol. The maximum atomic E-state index is 12.1. The maximum Gasteiger partial charge on any atom is 0.328 e. The van der Waals surface area contributed by atoms with Gasteiger partial charge in [0.25, 0.3) is 0 Å². The minimum Gasteiger partial charge on any atom is -0.355 e. The number of amides is 2. The molecule has 1 aromatic carbocycles. The third-order valence-electron chi connectivity index (χ3n) is 2.79. The Kier molecular flexibility index (Phi) is 3.26. The van der Waals surface area contributed by atoms with Gasteiger partial charge in [-0.2, -0.15) is 0 Å². The second-order valence-corrected chi connectivity index (χ2v) is 5.58. The summed E-state index contributed by atoms with van der Waals surface area (Å²) in [6, 6.07) is 7.48. The number of urea groups is 1. The average molecular weight is 263 g/mol. The van der Waals surface area contributed by atoms with E-state index in [9.17, 15) is 4.79 Å². The van der Waals surface area contributed by atoms with Crippen LogP contribution < -0.4 is 10.6 Å². The Morgan fingerprint density at radius 1 is 1.39 bits per heavy atom. The quantitative estimate of drug-likeness (QED) is 0.765. The third-order valence-corrected chi connectivity index (χ3v) is 3.11. The average Bonchev–Trinajstić information content (AvgIpc) is 2.55. The van der Waals surface area contributed by atoms with Gasteiger partial charge in [0.2, 0.25) is 0 Å². The number of nitrogens with one attached hydrogen (secondary N) is 2. The Morgan fingerprint density at radius 2 is 2.00 bits per heavy atom. The van der Waals surface area contributed by atoms with Crippen LogP contribution in [0.3, 0.4) is 0 Å². The first kappa shape index (κ1) is 12.8. The van der Waals surface area contributed by atoms with E-state index in [4.69, 9.17) is 12.2 Å². The molecule has 1 aliphatic rings. The molecule has 0 aromatic heterocycles. The van der Waals surface area contributed by atoms with Crippen LogP contribution in [-0.4, -0.2) is 28.1 Å². The van der Waals surface area contributed by atoms with Crippen LogP contribution in [0.15, 0.2) is 24.3 Å². The van der Waals surface area contributed by atoms with Gasteiger partial charge >= 0.3 is 6.03 Å². The van der Waals surface area contributed by atoms with Crippen LogP contribution in [-0.2, 0) is 0 Å². The van der Waals surface area contributed by atoms with Gasteiger partial charge in [0.1, 0.15) is 0 Å². The largest absolute Gasteiger partial charge is 0.355 e. The van der Waals surface area contributed by atoms with Crippen LogP contribution >= 0.6 is 12.2 Å². The number of aryl methyl sites for hydroxylation is 1. The fraction of sp³-hybridized carbons (Fsp3) is 0.385. The van der Waals surface area contributed by atoms with Gasteiger partial charge < -0.3 is 10.6 Å². The van der Waals surface area contributed by atoms with Crippen molar-refractivity contribution in [2.75, 3.05) is 11.9 Å². The van der Waals surface area contributed by atoms with Crippen LogP contribution in [0.25, 0.3) is 0 Å². The van der Waals surface area contributed by atoms with Crippen molar-refractivity contribution in [3.63, 3.8) is 0 Å². The van der Waals surface area contributed by atoms with E-state index in [2.05, 4.69) is 10.6 Å². The van der Waals surface area contributed by atoms with E-state index in [0.29, 0.717) is 11.7 Å². The third kappa shape index (κ3) is 2.79. The van der Waals surface area contributed by atoms with Crippen molar-refractivity contribution in [2.45, 2.75) is 26.3 Å². The Hall–Kier alpha value is -1.62. The summed E-state index contributed by atoms with van der Waals surface area (Å²) in [5.74, 6) is 0. The van der Waals surface area contributed by atoms with E-state index in [1.807, 2.05) is 45.0 Å². The van der Waals surface area contributed by atoms with Crippen molar-refractivity contribution in [1.29, 1.82) is 0 Å². The number of hydrogen-bond donors (Lipinski definition) is 2. The molecule has 1 heterocycles. The lowest BCUT2D eigenvalue weighted by atomic mass is 10.1. The lowest BCUT2D eigenvalue weighted by molar-refractivity contribution is 0.233. The normalized spacial score (nSPS) is 17.5. The maximum absolute atomic E-state index is 12.1. The van der Waals surface area contributed by atoms with Crippen LogP contribution in [0.4, 0.5) is 10.5 Å². The van der Waals surface area contributed by atoms with Crippen molar-refractivity contribution < 1.29 is 4.79 Å². The molecule has 5 heteroatoms. The molecule has 0 saturated carbocycles. The van der Waals surface area contributed by atoms with E-state index in [1.165, 1.54) is 0 Å². The second-order valence-electron chi connectivity index (χ2n) is 5.20. The molecule has 0 spiro atoms. The molecule has 0 aliphatic carbocycles. The summed E-state index contributed by atoms with van der Waals surface area (Å²) in [6.07, 6.45) is 0. The molecule has 0 unspecified atom stereocenters. The molecule has 1 saturated heterocycles. The van der Waals surface area contributed by atoms with Crippen molar-refractivity contribution in [2.24, 2.45) is 0 Å². The van der Waals surface area contributed by atoms with E-state index >= 15 is 0 Å². The molecule has 1 fully saturated rings. The summed E-state index contributed by atoms with van der Waals surface area (Å²) in [7, 11) is 0. The first-order valence-electron chi connectivity index (χ1n) is 5.85. The van der Waals surface area contributed by atoms with Crippen molar-refractivity contribution in [1.82, 2.24) is 10.2 Å². The summed E-state index contributed by atoms with van der Waals surface area (Å²) in [5, 5.41) is 6.43. The number of thiocarbonyl (C=S) groups is 1. The van der Waals surface area contributed by atoms with Gasteiger partial charge in [-0.1, -0.05) is 17.7 Å². The van der Waals surface area contributed by atoms with E-state index in [-0.39, 0.29) is 11.6 Å². The molecule has 18 heavy (non-hydrogen) atoms. The van der Waals surface area contributed by atoms with E-state index in [1.54, 1.807) is 4.90 Å². The first-order chi connectivity index (χ1) is 8.37. The molecule has 2 amide bonds. The van der Waals surface area contributed by atoms with Gasteiger partial charge in [-0.05, 0) is 45.1 Å². The zero-order chi connectivity index (χ0) is 13.3. The summed E-state index contributed by atoms with van der Waals surface area (Å²) in [5.41, 5.74) is 1.77. The number of hydrogen-bond acceptors (Lipinski definition) is 2. The molecule has 1 aromatic rings. The van der Waals surface area contributed by atoms with Crippen LogP contribution in [0.1, 0.15) is 19.4 Å². The highest BCUT2D eigenvalue weighted by molar-refractivity contribution is 7.80. The lowest BCUT2D eigenvalue weighted by Crippen LogP contribution is -2.37. The Balaban J connectivity index is 2.05. The molecule has 2 rings (SSSR count). The monoisotopic (exact) mass is 263 g/mol. The predicted molar refractivity (Wildman–Crippen MR) is 76.7 cm³/mol. The Bertz CT molecular complexity index is 482. The second kappa shape index (κ2) is 4.57. The molecule has 1 aliphatic heterocycles. The number of anilines is 1. The van der Waals surface area contributed by atoms with Gasteiger partial charge in [-0.15, -0.1) is 0 Å². The molecule has 4 nitrogen and oxygen atoms in total. The molecule has 0 bridgehead atoms. The van der Waals surface area contributed by atoms with Gasteiger partial charge in [0.05, 0.1) is 12.1 Å². The Morgan fingerprint density at radius 3 is 2.50 bits per heavy atom. The molecule has 0 atom stereocenters. The summed E-state index contributed by atoms with van der Waals surface area (Å²) in [4.78, 5) is 13.6. The highest BCUT2D eigenvalue weighted by Gasteiger charge is 2.35. The molecule has 2 N–H and O–H groups in total. The summed E-state index contributed by atoms with van der Waals surface area (Å²) >= 11 is 5.16. The highest BCUT2D eigenvalue weighted by atomic mass is 32.1. The zero-order valence-electron chi connectivity index (χ0n) is 10.8. The summed E-state index contributed by atoms with van der Waals surface area (Å²) in [6.45, 7) is 6.61. The number of nitrogens with zero attached hydrogens (tertiary/aromatic N) is 1. The van der Waals surface area contributed by atoms with Gasteiger partial charge in [0, 0.05) is 5.69 Å². The minimum atomic E-state index is -0.193. The van der Waals surface area contributed by atoms with Gasteiger partial charge in [-0.3, -0.25) is 4.90 Å². The standard InChI is InChI=1S/C13H17N3OS/c1-9-4-6-10(7-5-9)14-11(17)16-8-13(2,3)15-12(16)18/h4-7H,8H2,1-3H3,(H,14,17)(H,15,18). The van der Waals surface area contributed by atoms with Crippen LogP contribution in [0.5, 0.6) is 0 Å². The number of carbonyl (C=O) groups excluding carboxylic acids is 1. The van der Waals surface area contributed by atoms with Gasteiger partial charge in [0.15, 0.2) is 5.11 Å². The smallest absolute Gasteiger partial charge is 0.328 e. The van der Waals surface area contributed by atoms with Gasteiger partial charge in [-0.25, -0.2) is 4.79 Å². The number of carbonyl (C=O) groups is 1. The van der Waals surface area contributed by atoms with Crippen LogP contribution in [0, 0.1) is 6.92 Å². The molecular formula is C13H17N3OS. The summed E-state index contributed by atoms with van der Waals surface area (Å²) < 4.78 is 0. The first-order valence-corrected chi connectivity index (χ1v) is 6.25. The SMILES string of the molecule is Cc1ccc(NC(=O)N2CC(C)(C)NC2=S)cc1. The minimum absolute atomic E-state index is 0.165. The van der Waals surface area contributed by atoms with Crippen molar-refractivity contribution in [3.8, 4) is 0 Å².